The maximum absolute atomic E-state index is 12.9. The van der Waals surface area contributed by atoms with Crippen LogP contribution in [-0.4, -0.2) is 37.1 Å². The molecule has 0 fully saturated rings. The molecule has 2 amide bonds. The number of hydrogen-bond acceptors (Lipinski definition) is 8. The maximum atomic E-state index is 12.9. The number of carbonyl (C=O) groups is 4. The van der Waals surface area contributed by atoms with E-state index < -0.39 is 23.8 Å². The van der Waals surface area contributed by atoms with Crippen molar-refractivity contribution in [1.82, 2.24) is 5.43 Å². The van der Waals surface area contributed by atoms with E-state index in [2.05, 4.69) is 63.6 Å². The molecule has 0 bridgehead atoms. The Balaban J connectivity index is 1.45. The van der Waals surface area contributed by atoms with E-state index >= 15 is 0 Å². The molecule has 4 aromatic carbocycles. The quantitative estimate of drug-likeness (QED) is 0.0798. The molecule has 0 aliphatic heterocycles. The van der Waals surface area contributed by atoms with Gasteiger partial charge in [0.25, 0.3) is 11.8 Å². The number of nitrogens with zero attached hydrogens (tertiary/aromatic N) is 1. The van der Waals surface area contributed by atoms with Gasteiger partial charge in [0.05, 0.1) is 23.4 Å². The second kappa shape index (κ2) is 14.9. The molecule has 0 spiro atoms. The molecule has 0 saturated heterocycles. The predicted octanol–water partition coefficient (Wildman–Crippen LogP) is 7.14. The van der Waals surface area contributed by atoms with E-state index in [0.29, 0.717) is 25.8 Å². The first kappa shape index (κ1) is 32.6. The Bertz CT molecular complexity index is 1780. The van der Waals surface area contributed by atoms with Crippen molar-refractivity contribution in [1.29, 1.82) is 0 Å². The Morgan fingerprint density at radius 1 is 0.750 bits per heavy atom. The largest absolute Gasteiger partial charge is 0.493 e. The minimum absolute atomic E-state index is 0.181. The Morgan fingerprint density at radius 2 is 1.45 bits per heavy atom. The summed E-state index contributed by atoms with van der Waals surface area (Å²) in [5.74, 6) is -1.52. The minimum Gasteiger partial charge on any atom is -0.493 e. The molecule has 0 atom stereocenters. The van der Waals surface area contributed by atoms with Gasteiger partial charge in [-0.25, -0.2) is 10.2 Å². The van der Waals surface area contributed by atoms with Crippen molar-refractivity contribution in [3.8, 4) is 17.2 Å². The summed E-state index contributed by atoms with van der Waals surface area (Å²) in [6, 6.07) is 20.7. The number of anilines is 1. The van der Waals surface area contributed by atoms with Gasteiger partial charge < -0.3 is 19.5 Å². The Kier molecular flexibility index (Phi) is 11.0. The van der Waals surface area contributed by atoms with Crippen molar-refractivity contribution in [3.63, 3.8) is 0 Å². The summed E-state index contributed by atoms with van der Waals surface area (Å²) >= 11 is 10.1. The number of ether oxygens (including phenoxy) is 3. The fourth-order valence-electron chi connectivity index (χ4n) is 3.74. The molecule has 0 unspecified atom stereocenters. The Labute approximate surface area is 277 Å². The average molecular weight is 788 g/mol. The first-order valence-electron chi connectivity index (χ1n) is 12.6. The van der Waals surface area contributed by atoms with Crippen LogP contribution < -0.4 is 25.0 Å². The van der Waals surface area contributed by atoms with Crippen molar-refractivity contribution < 1.29 is 33.4 Å². The first-order valence-corrected chi connectivity index (χ1v) is 15.0. The maximum Gasteiger partial charge on any atom is 0.343 e. The number of amides is 2. The monoisotopic (exact) mass is 785 g/mol. The van der Waals surface area contributed by atoms with Crippen LogP contribution in [0.2, 0.25) is 0 Å². The van der Waals surface area contributed by atoms with Crippen LogP contribution in [0.3, 0.4) is 0 Å². The van der Waals surface area contributed by atoms with Crippen LogP contribution in [0, 0.1) is 0 Å². The normalized spacial score (nSPS) is 10.7. The van der Waals surface area contributed by atoms with Crippen molar-refractivity contribution in [2.45, 2.75) is 6.92 Å². The molecule has 0 radical (unpaired) electrons. The number of nitrogens with one attached hydrogen (secondary N) is 2. The van der Waals surface area contributed by atoms with Crippen molar-refractivity contribution in [3.05, 3.63) is 115 Å². The summed E-state index contributed by atoms with van der Waals surface area (Å²) < 4.78 is 17.9. The van der Waals surface area contributed by atoms with E-state index in [0.717, 1.165) is 4.47 Å². The zero-order valence-electron chi connectivity index (χ0n) is 23.0. The second-order valence-electron chi connectivity index (χ2n) is 8.90. The van der Waals surface area contributed by atoms with Crippen LogP contribution >= 0.6 is 47.8 Å². The van der Waals surface area contributed by atoms with Gasteiger partial charge in [-0.05, 0) is 88.7 Å². The van der Waals surface area contributed by atoms with Gasteiger partial charge in [0, 0.05) is 38.2 Å². The number of hydrogen-bond donors (Lipinski definition) is 2. The van der Waals surface area contributed by atoms with Gasteiger partial charge >= 0.3 is 11.9 Å². The molecule has 2 N–H and O–H groups in total. The van der Waals surface area contributed by atoms with E-state index in [4.69, 9.17) is 14.2 Å². The van der Waals surface area contributed by atoms with Gasteiger partial charge in [0.15, 0.2) is 17.2 Å². The summed E-state index contributed by atoms with van der Waals surface area (Å²) in [7, 11) is 1.39. The molecule has 10 nitrogen and oxygen atoms in total. The molecule has 224 valence electrons. The first-order chi connectivity index (χ1) is 21.0. The topological polar surface area (TPSA) is 132 Å². The fraction of sp³-hybridized carbons (Fsp3) is 0.0645. The van der Waals surface area contributed by atoms with Crippen LogP contribution in [0.15, 0.2) is 97.4 Å². The fourth-order valence-corrected chi connectivity index (χ4v) is 5.34. The predicted molar refractivity (Wildman–Crippen MR) is 175 cm³/mol. The smallest absolute Gasteiger partial charge is 0.343 e. The van der Waals surface area contributed by atoms with Crippen LogP contribution in [0.1, 0.15) is 43.6 Å². The molecule has 13 heteroatoms. The highest BCUT2D eigenvalue weighted by molar-refractivity contribution is 9.11. The van der Waals surface area contributed by atoms with Gasteiger partial charge in [-0.3, -0.25) is 14.4 Å². The third-order valence-corrected chi connectivity index (χ3v) is 7.32. The van der Waals surface area contributed by atoms with Crippen molar-refractivity contribution in [2.75, 3.05) is 12.4 Å². The lowest BCUT2D eigenvalue weighted by atomic mass is 10.1. The van der Waals surface area contributed by atoms with Gasteiger partial charge in [0.2, 0.25) is 0 Å². The van der Waals surface area contributed by atoms with E-state index in [9.17, 15) is 19.2 Å². The van der Waals surface area contributed by atoms with Crippen LogP contribution in [0.5, 0.6) is 17.2 Å². The number of methoxy groups -OCH3 is 1. The number of hydrazone groups is 1. The lowest BCUT2D eigenvalue weighted by Gasteiger charge is -2.11. The molecule has 0 saturated carbocycles. The highest BCUT2D eigenvalue weighted by Gasteiger charge is 2.17. The highest BCUT2D eigenvalue weighted by Crippen LogP contribution is 2.33. The summed E-state index contributed by atoms with van der Waals surface area (Å²) in [5, 5.41) is 6.76. The van der Waals surface area contributed by atoms with E-state index in [1.807, 2.05) is 0 Å². The summed E-state index contributed by atoms with van der Waals surface area (Å²) in [5.41, 5.74) is 4.02. The average Bonchev–Trinajstić information content (AvgIpc) is 2.99. The molecular formula is C31H22Br3N3O7. The van der Waals surface area contributed by atoms with Crippen molar-refractivity contribution in [2.24, 2.45) is 5.10 Å². The van der Waals surface area contributed by atoms with Crippen LogP contribution in [-0.2, 0) is 4.79 Å². The molecule has 0 aliphatic carbocycles. The summed E-state index contributed by atoms with van der Waals surface area (Å²) in [6.45, 7) is 1.26. The second-order valence-corrected chi connectivity index (χ2v) is 11.6. The van der Waals surface area contributed by atoms with Gasteiger partial charge in [-0.1, -0.05) is 37.9 Å². The van der Waals surface area contributed by atoms with E-state index in [1.165, 1.54) is 44.5 Å². The van der Waals surface area contributed by atoms with Gasteiger partial charge in [0.1, 0.15) is 0 Å². The Morgan fingerprint density at radius 3 is 2.16 bits per heavy atom. The summed E-state index contributed by atoms with van der Waals surface area (Å²) in [6.07, 6.45) is 1.34. The molecule has 0 aliphatic rings. The lowest BCUT2D eigenvalue weighted by molar-refractivity contribution is -0.132. The van der Waals surface area contributed by atoms with Crippen LogP contribution in [0.25, 0.3) is 0 Å². The minimum atomic E-state index is -0.572. The van der Waals surface area contributed by atoms with E-state index in [1.54, 1.807) is 54.6 Å². The number of rotatable bonds is 9. The molecule has 0 heterocycles. The number of benzene rings is 4. The van der Waals surface area contributed by atoms with Gasteiger partial charge in [-0.15, -0.1) is 0 Å². The molecule has 4 rings (SSSR count). The van der Waals surface area contributed by atoms with Crippen molar-refractivity contribution >= 4 is 83.4 Å². The van der Waals surface area contributed by atoms with Gasteiger partial charge in [-0.2, -0.15) is 5.10 Å². The highest BCUT2D eigenvalue weighted by atomic mass is 79.9. The zero-order chi connectivity index (χ0) is 31.8. The molecule has 4 aromatic rings. The molecule has 0 aromatic heterocycles. The number of esters is 2. The molecule has 44 heavy (non-hydrogen) atoms. The lowest BCUT2D eigenvalue weighted by Crippen LogP contribution is -2.18. The van der Waals surface area contributed by atoms with Crippen LogP contribution in [0.4, 0.5) is 5.69 Å². The number of carbonyl (C=O) groups excluding carboxylic acids is 4. The standard InChI is InChI=1S/C31H22Br3N3O7/c1-17(38)43-26-11-8-20(14-27(26)42-2)29(39)36-24-5-3-4-19(13-24)30(40)37-35-16-21-12-23(33)15-25(34)28(21)44-31(41)18-6-9-22(32)10-7-18/h3-16H,1-2H3,(H,36,39)(H,37,40). The zero-order valence-corrected chi connectivity index (χ0v) is 27.8. The summed E-state index contributed by atoms with van der Waals surface area (Å²) in [4.78, 5) is 49.7. The third-order valence-electron chi connectivity index (χ3n) is 5.74. The molecular weight excluding hydrogens is 766 g/mol. The number of halogens is 3. The van der Waals surface area contributed by atoms with E-state index in [-0.39, 0.29) is 28.4 Å². The third kappa shape index (κ3) is 8.62. The Hall–Kier alpha value is -4.33. The SMILES string of the molecule is COc1cc(C(=O)Nc2cccc(C(=O)NN=Cc3cc(Br)cc(Br)c3OC(=O)c3ccc(Br)cc3)c2)ccc1OC(C)=O.